The number of nitrogens with zero attached hydrogens (tertiary/aromatic N) is 2. The predicted molar refractivity (Wildman–Crippen MR) is 79.9 cm³/mol. The molecule has 2 unspecified atom stereocenters. The molecule has 2 rings (SSSR count). The largest absolute Gasteiger partial charge is 0.480 e. The summed E-state index contributed by atoms with van der Waals surface area (Å²) < 4.78 is 0. The van der Waals surface area contributed by atoms with Gasteiger partial charge < -0.3 is 15.7 Å². The summed E-state index contributed by atoms with van der Waals surface area (Å²) >= 11 is 0. The summed E-state index contributed by atoms with van der Waals surface area (Å²) in [6.45, 7) is 3.22. The van der Waals surface area contributed by atoms with Crippen molar-refractivity contribution in [2.75, 3.05) is 32.1 Å². The minimum Gasteiger partial charge on any atom is -0.480 e. The number of benzene rings is 1. The van der Waals surface area contributed by atoms with Crippen molar-refractivity contribution in [2.45, 2.75) is 24.9 Å². The van der Waals surface area contributed by atoms with E-state index in [1.165, 1.54) is 5.56 Å². The molecule has 1 aliphatic rings. The lowest BCUT2D eigenvalue weighted by Crippen LogP contribution is -2.50. The summed E-state index contributed by atoms with van der Waals surface area (Å²) in [6, 6.07) is 8.52. The molecule has 0 radical (unpaired) electrons. The van der Waals surface area contributed by atoms with Crippen LogP contribution in [-0.2, 0) is 4.79 Å². The quantitative estimate of drug-likeness (QED) is 0.868. The van der Waals surface area contributed by atoms with Gasteiger partial charge in [0.1, 0.15) is 5.54 Å². The van der Waals surface area contributed by atoms with Gasteiger partial charge in [0.2, 0.25) is 0 Å². The Morgan fingerprint density at radius 1 is 1.40 bits per heavy atom. The summed E-state index contributed by atoms with van der Waals surface area (Å²) in [4.78, 5) is 15.4. The molecule has 5 heteroatoms. The zero-order valence-corrected chi connectivity index (χ0v) is 12.3. The third-order valence-electron chi connectivity index (χ3n) is 4.20. The molecule has 20 heavy (non-hydrogen) atoms. The fraction of sp³-hybridized carbons (Fsp3) is 0.533. The summed E-state index contributed by atoms with van der Waals surface area (Å²) in [5, 5.41) is 9.18. The lowest BCUT2D eigenvalue weighted by Gasteiger charge is -2.26. The molecule has 1 aromatic carbocycles. The smallest absolute Gasteiger partial charge is 0.325 e. The third kappa shape index (κ3) is 2.78. The molecule has 3 N–H and O–H groups in total. The Kier molecular flexibility index (Phi) is 4.01. The first-order chi connectivity index (χ1) is 9.33. The number of nitrogens with two attached hydrogens (primary N) is 1. The van der Waals surface area contributed by atoms with E-state index in [1.807, 2.05) is 14.1 Å². The molecule has 5 nitrogen and oxygen atoms in total. The van der Waals surface area contributed by atoms with E-state index in [0.29, 0.717) is 13.0 Å². The average Bonchev–Trinajstić information content (AvgIpc) is 2.82. The number of carbonyl (C=O) groups is 1. The van der Waals surface area contributed by atoms with E-state index in [1.54, 1.807) is 0 Å². The van der Waals surface area contributed by atoms with Crippen LogP contribution in [0, 0.1) is 0 Å². The summed E-state index contributed by atoms with van der Waals surface area (Å²) in [6.07, 6.45) is 0.502. The Balaban J connectivity index is 2.09. The summed E-state index contributed by atoms with van der Waals surface area (Å²) in [7, 11) is 4.02. The van der Waals surface area contributed by atoms with Gasteiger partial charge in [0, 0.05) is 38.9 Å². The van der Waals surface area contributed by atoms with Gasteiger partial charge in [-0.2, -0.15) is 0 Å². The fourth-order valence-electron chi connectivity index (χ4n) is 2.63. The van der Waals surface area contributed by atoms with E-state index in [9.17, 15) is 9.90 Å². The Morgan fingerprint density at radius 3 is 2.45 bits per heavy atom. The van der Waals surface area contributed by atoms with Crippen molar-refractivity contribution >= 4 is 11.7 Å². The Bertz CT molecular complexity index is 486. The van der Waals surface area contributed by atoms with Crippen LogP contribution in [0.25, 0.3) is 0 Å². The molecule has 1 saturated heterocycles. The van der Waals surface area contributed by atoms with Gasteiger partial charge in [-0.3, -0.25) is 9.69 Å². The highest BCUT2D eigenvalue weighted by Gasteiger charge is 2.42. The van der Waals surface area contributed by atoms with E-state index >= 15 is 0 Å². The van der Waals surface area contributed by atoms with E-state index in [2.05, 4.69) is 41.0 Å². The normalized spacial score (nSPS) is 24.6. The molecule has 110 valence electrons. The van der Waals surface area contributed by atoms with Crippen molar-refractivity contribution in [3.8, 4) is 0 Å². The Labute approximate surface area is 120 Å². The van der Waals surface area contributed by atoms with Crippen LogP contribution in [0.4, 0.5) is 5.69 Å². The van der Waals surface area contributed by atoms with Gasteiger partial charge in [-0.15, -0.1) is 0 Å². The van der Waals surface area contributed by atoms with Gasteiger partial charge in [0.05, 0.1) is 0 Å². The number of aliphatic carboxylic acids is 1. The van der Waals surface area contributed by atoms with Crippen LogP contribution in [-0.4, -0.2) is 48.7 Å². The lowest BCUT2D eigenvalue weighted by atomic mass is 10.0. The number of carboxylic acids is 1. The molecular weight excluding hydrogens is 254 g/mol. The average molecular weight is 277 g/mol. The monoisotopic (exact) mass is 277 g/mol. The second kappa shape index (κ2) is 5.42. The van der Waals surface area contributed by atoms with Crippen molar-refractivity contribution in [3.05, 3.63) is 29.8 Å². The van der Waals surface area contributed by atoms with E-state index in [0.717, 1.165) is 12.2 Å². The van der Waals surface area contributed by atoms with Gasteiger partial charge in [0.25, 0.3) is 0 Å². The lowest BCUT2D eigenvalue weighted by molar-refractivity contribution is -0.142. The molecule has 1 heterocycles. The molecule has 1 fully saturated rings. The van der Waals surface area contributed by atoms with E-state index in [4.69, 9.17) is 5.73 Å². The number of likely N-dealkylation sites (tertiary alicyclic amines) is 1. The highest BCUT2D eigenvalue weighted by molar-refractivity contribution is 5.79. The second-order valence-corrected chi connectivity index (χ2v) is 5.84. The van der Waals surface area contributed by atoms with Gasteiger partial charge in [0.15, 0.2) is 0 Å². The summed E-state index contributed by atoms with van der Waals surface area (Å²) in [5.74, 6) is -0.907. The third-order valence-corrected chi connectivity index (χ3v) is 4.20. The van der Waals surface area contributed by atoms with Crippen LogP contribution in [0.15, 0.2) is 24.3 Å². The molecule has 0 spiro atoms. The van der Waals surface area contributed by atoms with Crippen molar-refractivity contribution in [2.24, 2.45) is 5.73 Å². The standard InChI is InChI=1S/C15H23N3O2/c1-11(12-4-6-13(7-5-12)17(2)3)18-9-8-15(16,10-18)14(19)20/h4-7,11H,8-10,16H2,1-3H3,(H,19,20). The fourth-order valence-corrected chi connectivity index (χ4v) is 2.63. The molecule has 0 aromatic heterocycles. The van der Waals surface area contributed by atoms with Crippen LogP contribution in [0.5, 0.6) is 0 Å². The number of anilines is 1. The first kappa shape index (κ1) is 14.8. The van der Waals surface area contributed by atoms with E-state index < -0.39 is 11.5 Å². The van der Waals surface area contributed by atoms with Crippen LogP contribution < -0.4 is 10.6 Å². The maximum atomic E-state index is 11.2. The molecule has 1 aromatic rings. The molecule has 1 aliphatic heterocycles. The number of carboxylic acid groups (broad SMARTS) is 1. The van der Waals surface area contributed by atoms with Crippen LogP contribution >= 0.6 is 0 Å². The molecular formula is C15H23N3O2. The molecule has 0 bridgehead atoms. The van der Waals surface area contributed by atoms with Gasteiger partial charge in [-0.25, -0.2) is 0 Å². The predicted octanol–water partition coefficient (Wildman–Crippen LogP) is 1.30. The number of hydrogen-bond acceptors (Lipinski definition) is 4. The maximum absolute atomic E-state index is 11.2. The highest BCUT2D eigenvalue weighted by Crippen LogP contribution is 2.29. The molecule has 2 atom stereocenters. The first-order valence-electron chi connectivity index (χ1n) is 6.87. The van der Waals surface area contributed by atoms with Gasteiger partial charge >= 0.3 is 5.97 Å². The van der Waals surface area contributed by atoms with Gasteiger partial charge in [-0.1, -0.05) is 12.1 Å². The van der Waals surface area contributed by atoms with Crippen molar-refractivity contribution < 1.29 is 9.90 Å². The molecule has 0 aliphatic carbocycles. The topological polar surface area (TPSA) is 69.8 Å². The Morgan fingerprint density at radius 2 is 2.00 bits per heavy atom. The summed E-state index contributed by atoms with van der Waals surface area (Å²) in [5.41, 5.74) is 7.16. The minimum absolute atomic E-state index is 0.177. The minimum atomic E-state index is -1.10. The van der Waals surface area contributed by atoms with Gasteiger partial charge in [-0.05, 0) is 31.0 Å². The van der Waals surface area contributed by atoms with Crippen LogP contribution in [0.3, 0.4) is 0 Å². The van der Waals surface area contributed by atoms with Crippen LogP contribution in [0.1, 0.15) is 24.9 Å². The van der Waals surface area contributed by atoms with Crippen molar-refractivity contribution in [1.82, 2.24) is 4.90 Å². The van der Waals surface area contributed by atoms with Crippen molar-refractivity contribution in [1.29, 1.82) is 0 Å². The zero-order chi connectivity index (χ0) is 14.9. The second-order valence-electron chi connectivity index (χ2n) is 5.84. The zero-order valence-electron chi connectivity index (χ0n) is 12.3. The molecule has 0 amide bonds. The SMILES string of the molecule is CC(c1ccc(N(C)C)cc1)N1CCC(N)(C(=O)O)C1. The Hall–Kier alpha value is -1.59. The highest BCUT2D eigenvalue weighted by atomic mass is 16.4. The van der Waals surface area contributed by atoms with E-state index in [-0.39, 0.29) is 6.04 Å². The number of hydrogen-bond donors (Lipinski definition) is 2. The molecule has 0 saturated carbocycles. The first-order valence-corrected chi connectivity index (χ1v) is 6.87. The number of rotatable bonds is 4. The van der Waals surface area contributed by atoms with Crippen molar-refractivity contribution in [3.63, 3.8) is 0 Å². The maximum Gasteiger partial charge on any atom is 0.325 e. The van der Waals surface area contributed by atoms with Crippen LogP contribution in [0.2, 0.25) is 0 Å².